The second-order valence-corrected chi connectivity index (χ2v) is 5.17. The molecule has 0 saturated carbocycles. The van der Waals surface area contributed by atoms with Crippen molar-refractivity contribution in [3.8, 4) is 11.5 Å². The van der Waals surface area contributed by atoms with Crippen LogP contribution in [0.3, 0.4) is 0 Å². The molecule has 6 nitrogen and oxygen atoms in total. The van der Waals surface area contributed by atoms with Gasteiger partial charge in [-0.2, -0.15) is 0 Å². The van der Waals surface area contributed by atoms with E-state index in [9.17, 15) is 4.79 Å². The Balaban J connectivity index is 1.45. The van der Waals surface area contributed by atoms with Gasteiger partial charge in [0.15, 0.2) is 11.5 Å². The number of carbonyl (C=O) groups excluding carboxylic acids is 1. The molecule has 0 spiro atoms. The highest BCUT2D eigenvalue weighted by molar-refractivity contribution is 5.92. The first-order valence-electron chi connectivity index (χ1n) is 7.33. The topological polar surface area (TPSA) is 68.8 Å². The van der Waals surface area contributed by atoms with Gasteiger partial charge in [0, 0.05) is 24.9 Å². The molecule has 1 unspecified atom stereocenters. The minimum absolute atomic E-state index is 0.0790. The van der Waals surface area contributed by atoms with Gasteiger partial charge in [-0.1, -0.05) is 0 Å². The third kappa shape index (κ3) is 3.86. The molecule has 1 saturated heterocycles. The summed E-state index contributed by atoms with van der Waals surface area (Å²) in [6, 6.07) is 5.40. The van der Waals surface area contributed by atoms with Gasteiger partial charge < -0.3 is 24.8 Å². The first-order chi connectivity index (χ1) is 10.3. The van der Waals surface area contributed by atoms with Crippen molar-refractivity contribution < 1.29 is 19.0 Å². The third-order valence-electron chi connectivity index (χ3n) is 3.51. The molecule has 114 valence electrons. The van der Waals surface area contributed by atoms with Gasteiger partial charge in [0.1, 0.15) is 13.2 Å². The Labute approximate surface area is 123 Å². The summed E-state index contributed by atoms with van der Waals surface area (Å²) in [5, 5.41) is 5.96. The van der Waals surface area contributed by atoms with Crippen LogP contribution in [0.2, 0.25) is 0 Å². The van der Waals surface area contributed by atoms with E-state index in [2.05, 4.69) is 10.6 Å². The van der Waals surface area contributed by atoms with Gasteiger partial charge in [-0.3, -0.25) is 4.79 Å². The fraction of sp³-hybridized carbons (Fsp3) is 0.533. The number of fused-ring (bicyclic) bond motifs is 1. The summed E-state index contributed by atoms with van der Waals surface area (Å²) in [5.74, 6) is 1.31. The van der Waals surface area contributed by atoms with E-state index in [1.165, 1.54) is 0 Å². The molecule has 2 aliphatic heterocycles. The van der Waals surface area contributed by atoms with Crippen LogP contribution in [-0.2, 0) is 9.53 Å². The lowest BCUT2D eigenvalue weighted by Gasteiger charge is -2.19. The third-order valence-corrected chi connectivity index (χ3v) is 3.51. The minimum Gasteiger partial charge on any atom is -0.486 e. The van der Waals surface area contributed by atoms with Crippen LogP contribution >= 0.6 is 0 Å². The van der Waals surface area contributed by atoms with Crippen LogP contribution in [-0.4, -0.2) is 44.9 Å². The molecule has 2 heterocycles. The molecule has 21 heavy (non-hydrogen) atoms. The van der Waals surface area contributed by atoms with E-state index in [1.54, 1.807) is 6.07 Å². The average molecular weight is 292 g/mol. The van der Waals surface area contributed by atoms with Gasteiger partial charge in [0.25, 0.3) is 0 Å². The number of benzene rings is 1. The molecular formula is C15H20N2O4. The number of hydrogen-bond donors (Lipinski definition) is 2. The van der Waals surface area contributed by atoms with E-state index < -0.39 is 0 Å². The summed E-state index contributed by atoms with van der Waals surface area (Å²) < 4.78 is 16.4. The number of hydrogen-bond acceptors (Lipinski definition) is 5. The molecule has 1 fully saturated rings. The van der Waals surface area contributed by atoms with Crippen LogP contribution in [0.25, 0.3) is 0 Å². The average Bonchev–Trinajstić information content (AvgIpc) is 3.00. The molecule has 2 N–H and O–H groups in total. The largest absolute Gasteiger partial charge is 0.486 e. The smallest absolute Gasteiger partial charge is 0.238 e. The molecule has 1 aromatic carbocycles. The van der Waals surface area contributed by atoms with Crippen molar-refractivity contribution in [3.63, 3.8) is 0 Å². The van der Waals surface area contributed by atoms with Crippen molar-refractivity contribution in [1.82, 2.24) is 5.32 Å². The molecule has 6 heteroatoms. The Morgan fingerprint density at radius 3 is 2.86 bits per heavy atom. The van der Waals surface area contributed by atoms with Crippen LogP contribution < -0.4 is 20.1 Å². The Hall–Kier alpha value is -1.79. The Kier molecular flexibility index (Phi) is 4.57. The lowest BCUT2D eigenvalue weighted by Crippen LogP contribution is -2.33. The lowest BCUT2D eigenvalue weighted by molar-refractivity contribution is -0.115. The van der Waals surface area contributed by atoms with Crippen molar-refractivity contribution in [2.75, 3.05) is 38.2 Å². The second kappa shape index (κ2) is 6.78. The number of carbonyl (C=O) groups is 1. The fourth-order valence-electron chi connectivity index (χ4n) is 2.48. The van der Waals surface area contributed by atoms with Crippen molar-refractivity contribution in [3.05, 3.63) is 18.2 Å². The van der Waals surface area contributed by atoms with Crippen molar-refractivity contribution >= 4 is 11.6 Å². The van der Waals surface area contributed by atoms with Crippen molar-refractivity contribution in [1.29, 1.82) is 0 Å². The number of anilines is 1. The Morgan fingerprint density at radius 2 is 2.05 bits per heavy atom. The summed E-state index contributed by atoms with van der Waals surface area (Å²) in [6.07, 6.45) is 2.42. The van der Waals surface area contributed by atoms with E-state index in [0.717, 1.165) is 25.2 Å². The number of rotatable bonds is 5. The summed E-state index contributed by atoms with van der Waals surface area (Å²) in [4.78, 5) is 11.9. The van der Waals surface area contributed by atoms with Gasteiger partial charge in [-0.25, -0.2) is 0 Å². The first kappa shape index (κ1) is 14.2. The molecule has 0 radical (unpaired) electrons. The van der Waals surface area contributed by atoms with E-state index >= 15 is 0 Å². The molecule has 2 aliphatic rings. The zero-order valence-corrected chi connectivity index (χ0v) is 11.9. The molecular weight excluding hydrogens is 272 g/mol. The highest BCUT2D eigenvalue weighted by Gasteiger charge is 2.16. The van der Waals surface area contributed by atoms with Crippen LogP contribution in [0.1, 0.15) is 12.8 Å². The summed E-state index contributed by atoms with van der Waals surface area (Å²) in [7, 11) is 0. The number of nitrogens with one attached hydrogen (secondary N) is 2. The van der Waals surface area contributed by atoms with Crippen LogP contribution in [0.4, 0.5) is 5.69 Å². The van der Waals surface area contributed by atoms with Crippen LogP contribution in [0.15, 0.2) is 18.2 Å². The maximum atomic E-state index is 11.9. The fourth-order valence-corrected chi connectivity index (χ4v) is 2.48. The molecule has 0 bridgehead atoms. The van der Waals surface area contributed by atoms with Gasteiger partial charge in [0.05, 0.1) is 12.6 Å². The summed E-state index contributed by atoms with van der Waals surface area (Å²) in [6.45, 7) is 2.91. The Bertz CT molecular complexity index is 500. The maximum Gasteiger partial charge on any atom is 0.238 e. The zero-order valence-electron chi connectivity index (χ0n) is 11.9. The maximum absolute atomic E-state index is 11.9. The Morgan fingerprint density at radius 1 is 1.19 bits per heavy atom. The zero-order chi connectivity index (χ0) is 14.5. The molecule has 1 amide bonds. The molecule has 1 aromatic rings. The normalized spacial score (nSPS) is 20.3. The van der Waals surface area contributed by atoms with Gasteiger partial charge in [-0.05, 0) is 25.0 Å². The van der Waals surface area contributed by atoms with Gasteiger partial charge >= 0.3 is 0 Å². The van der Waals surface area contributed by atoms with E-state index in [-0.39, 0.29) is 18.6 Å². The van der Waals surface area contributed by atoms with Crippen LogP contribution in [0.5, 0.6) is 11.5 Å². The molecule has 0 aliphatic carbocycles. The first-order valence-corrected chi connectivity index (χ1v) is 7.33. The van der Waals surface area contributed by atoms with Crippen molar-refractivity contribution in [2.45, 2.75) is 18.9 Å². The number of ether oxygens (including phenoxy) is 3. The lowest BCUT2D eigenvalue weighted by atomic mass is 10.2. The van der Waals surface area contributed by atoms with Crippen molar-refractivity contribution in [2.24, 2.45) is 0 Å². The van der Waals surface area contributed by atoms with E-state index in [0.29, 0.717) is 31.2 Å². The monoisotopic (exact) mass is 292 g/mol. The summed E-state index contributed by atoms with van der Waals surface area (Å²) >= 11 is 0. The molecule has 1 atom stereocenters. The predicted octanol–water partition coefficient (Wildman–Crippen LogP) is 1.16. The quantitative estimate of drug-likeness (QED) is 0.852. The highest BCUT2D eigenvalue weighted by Crippen LogP contribution is 2.32. The summed E-state index contributed by atoms with van der Waals surface area (Å²) in [5.41, 5.74) is 0.711. The number of amides is 1. The highest BCUT2D eigenvalue weighted by atomic mass is 16.6. The minimum atomic E-state index is -0.0790. The standard InChI is InChI=1S/C15H20N2O4/c18-15(10-16-9-12-2-1-5-19-12)17-11-3-4-13-14(8-11)21-7-6-20-13/h3-4,8,12,16H,1-2,5-7,9-10H2,(H,17,18). The molecule has 0 aromatic heterocycles. The van der Waals surface area contributed by atoms with E-state index in [1.807, 2.05) is 12.1 Å². The molecule has 3 rings (SSSR count). The SMILES string of the molecule is O=C(CNCC1CCCO1)Nc1ccc2c(c1)OCCO2. The second-order valence-electron chi connectivity index (χ2n) is 5.17. The van der Waals surface area contributed by atoms with Gasteiger partial charge in [-0.15, -0.1) is 0 Å². The van der Waals surface area contributed by atoms with Crippen LogP contribution in [0, 0.1) is 0 Å². The van der Waals surface area contributed by atoms with Gasteiger partial charge in [0.2, 0.25) is 5.91 Å². The van der Waals surface area contributed by atoms with E-state index in [4.69, 9.17) is 14.2 Å². The predicted molar refractivity (Wildman–Crippen MR) is 77.9 cm³/mol.